The number of methoxy groups -OCH3 is 3. The third-order valence-corrected chi connectivity index (χ3v) is 11.5. The van der Waals surface area contributed by atoms with Crippen LogP contribution in [0.1, 0.15) is 49.7 Å². The van der Waals surface area contributed by atoms with E-state index in [1.165, 1.54) is 57.4 Å². The van der Waals surface area contributed by atoms with Crippen LogP contribution in [0.15, 0.2) is 108 Å². The molecule has 4 aromatic carbocycles. The van der Waals surface area contributed by atoms with E-state index in [4.69, 9.17) is 14.2 Å². The van der Waals surface area contributed by atoms with Crippen LogP contribution in [0.5, 0.6) is 17.2 Å². The number of fused-ring (bicyclic) bond motifs is 1. The monoisotopic (exact) mass is 801 g/mol. The predicted molar refractivity (Wildman–Crippen MR) is 221 cm³/mol. The van der Waals surface area contributed by atoms with E-state index in [0.29, 0.717) is 69.0 Å². The molecule has 57 heavy (non-hydrogen) atoms. The summed E-state index contributed by atoms with van der Waals surface area (Å²) in [6, 6.07) is 30.3. The molecular weight excluding hydrogens is 763 g/mol. The Morgan fingerprint density at radius 1 is 0.860 bits per heavy atom. The summed E-state index contributed by atoms with van der Waals surface area (Å²) < 4.78 is 16.5. The van der Waals surface area contributed by atoms with Gasteiger partial charge in [0.1, 0.15) is 27.8 Å². The standard InChI is InChI=1S/C43H39N5O7S2/c1-26(49)48-19-18-32-33(24-44)43(57-38(32)25-48)47-42(52)39(27-12-7-5-8-13-27)56-31-17-11-16-30(22-31)45-41(51)34(46-40(50)28-14-9-6-10-15-28)20-29-21-36(54-3)37(55-4)23-35(29)53-2/h5-17,20-23,39H,18-19,25H2,1-4H3,(H,45,51)(H,46,50)(H,47,52)/b34-20+. The number of thiophene rings is 1. The second-order valence-electron chi connectivity index (χ2n) is 12.7. The van der Waals surface area contributed by atoms with Crippen LogP contribution < -0.4 is 30.2 Å². The molecule has 290 valence electrons. The normalized spacial score (nSPS) is 12.7. The molecule has 5 aromatic rings. The molecule has 12 nitrogen and oxygen atoms in total. The first-order valence-electron chi connectivity index (χ1n) is 17.7. The number of nitriles is 1. The van der Waals surface area contributed by atoms with E-state index in [0.717, 1.165) is 16.0 Å². The van der Waals surface area contributed by atoms with Gasteiger partial charge in [0.05, 0.1) is 33.4 Å². The number of amides is 4. The minimum Gasteiger partial charge on any atom is -0.496 e. The van der Waals surface area contributed by atoms with Crippen molar-refractivity contribution in [1.29, 1.82) is 5.26 Å². The Morgan fingerprint density at radius 2 is 1.54 bits per heavy atom. The van der Waals surface area contributed by atoms with Crippen molar-refractivity contribution < 1.29 is 33.4 Å². The molecule has 1 unspecified atom stereocenters. The fourth-order valence-corrected chi connectivity index (χ4v) is 8.50. The van der Waals surface area contributed by atoms with Gasteiger partial charge in [0.2, 0.25) is 11.8 Å². The zero-order valence-corrected chi connectivity index (χ0v) is 33.2. The number of carbonyl (C=O) groups is 4. The zero-order chi connectivity index (χ0) is 40.5. The van der Waals surface area contributed by atoms with E-state index in [2.05, 4.69) is 22.0 Å². The molecule has 1 atom stereocenters. The molecule has 1 aliphatic heterocycles. The fraction of sp³-hybridized carbons (Fsp3) is 0.186. The highest BCUT2D eigenvalue weighted by Crippen LogP contribution is 2.41. The van der Waals surface area contributed by atoms with Crippen molar-refractivity contribution in [3.8, 4) is 23.3 Å². The molecule has 14 heteroatoms. The molecule has 1 aliphatic rings. The van der Waals surface area contributed by atoms with Gasteiger partial charge in [-0.05, 0) is 60.0 Å². The van der Waals surface area contributed by atoms with E-state index < -0.39 is 17.1 Å². The molecule has 0 aliphatic carbocycles. The SMILES string of the molecule is COc1cc(OC)c(OC)cc1/C=C(/NC(=O)c1ccccc1)C(=O)Nc1cccc(SC(C(=O)Nc2sc3c(c2C#N)CCN(C(C)=O)C3)c2ccccc2)c1. The van der Waals surface area contributed by atoms with Gasteiger partial charge in [0.25, 0.3) is 11.8 Å². The number of thioether (sulfide) groups is 1. The first kappa shape index (κ1) is 40.1. The summed E-state index contributed by atoms with van der Waals surface area (Å²) in [5.41, 5.74) is 3.13. The van der Waals surface area contributed by atoms with Crippen molar-refractivity contribution in [3.05, 3.63) is 135 Å². The number of carbonyl (C=O) groups excluding carboxylic acids is 4. The number of anilines is 2. The van der Waals surface area contributed by atoms with Crippen LogP contribution in [-0.2, 0) is 27.3 Å². The van der Waals surface area contributed by atoms with Crippen LogP contribution in [0.4, 0.5) is 10.7 Å². The molecule has 4 amide bonds. The molecule has 0 fully saturated rings. The number of ether oxygens (including phenoxy) is 3. The maximum Gasteiger partial charge on any atom is 0.272 e. The summed E-state index contributed by atoms with van der Waals surface area (Å²) in [7, 11) is 4.46. The first-order valence-corrected chi connectivity index (χ1v) is 19.4. The average molecular weight is 802 g/mol. The first-order chi connectivity index (χ1) is 27.6. The number of rotatable bonds is 13. The van der Waals surface area contributed by atoms with Gasteiger partial charge in [-0.25, -0.2) is 0 Å². The Kier molecular flexibility index (Phi) is 12.9. The van der Waals surface area contributed by atoms with Crippen molar-refractivity contribution in [2.75, 3.05) is 38.5 Å². The fourth-order valence-electron chi connectivity index (χ4n) is 6.20. The highest BCUT2D eigenvalue weighted by atomic mass is 32.2. The predicted octanol–water partition coefficient (Wildman–Crippen LogP) is 7.43. The van der Waals surface area contributed by atoms with E-state index in [1.807, 2.05) is 36.4 Å². The van der Waals surface area contributed by atoms with Crippen molar-refractivity contribution in [3.63, 3.8) is 0 Å². The zero-order valence-electron chi connectivity index (χ0n) is 31.6. The van der Waals surface area contributed by atoms with E-state index in [1.54, 1.807) is 65.6 Å². The third kappa shape index (κ3) is 9.46. The molecule has 2 heterocycles. The third-order valence-electron chi connectivity index (χ3n) is 9.10. The number of nitrogens with one attached hydrogen (secondary N) is 3. The Hall–Kier alpha value is -6.56. The van der Waals surface area contributed by atoms with Crippen LogP contribution in [0.25, 0.3) is 6.08 Å². The van der Waals surface area contributed by atoms with E-state index in [9.17, 15) is 24.4 Å². The van der Waals surface area contributed by atoms with Crippen LogP contribution in [-0.4, -0.2) is 56.4 Å². The summed E-state index contributed by atoms with van der Waals surface area (Å²) in [5, 5.41) is 18.4. The maximum atomic E-state index is 14.1. The van der Waals surface area contributed by atoms with Crippen molar-refractivity contribution in [2.24, 2.45) is 0 Å². The second kappa shape index (κ2) is 18.4. The highest BCUT2D eigenvalue weighted by Gasteiger charge is 2.29. The lowest BCUT2D eigenvalue weighted by Gasteiger charge is -2.25. The van der Waals surface area contributed by atoms with E-state index >= 15 is 0 Å². The lowest BCUT2D eigenvalue weighted by molar-refractivity contribution is -0.129. The highest BCUT2D eigenvalue weighted by molar-refractivity contribution is 8.00. The Balaban J connectivity index is 1.27. The summed E-state index contributed by atoms with van der Waals surface area (Å²) in [6.07, 6.45) is 2.02. The van der Waals surface area contributed by atoms with Gasteiger partial charge in [-0.2, -0.15) is 5.26 Å². The molecule has 0 radical (unpaired) electrons. The summed E-state index contributed by atoms with van der Waals surface area (Å²) in [4.78, 5) is 56.8. The number of hydrogen-bond donors (Lipinski definition) is 3. The largest absolute Gasteiger partial charge is 0.496 e. The van der Waals surface area contributed by atoms with Crippen molar-refractivity contribution >= 4 is 63.5 Å². The van der Waals surface area contributed by atoms with Crippen molar-refractivity contribution in [2.45, 2.75) is 30.0 Å². The number of nitrogens with zero attached hydrogens (tertiary/aromatic N) is 2. The van der Waals surface area contributed by atoms with Crippen LogP contribution in [0.2, 0.25) is 0 Å². The molecule has 0 saturated heterocycles. The Labute approximate surface area is 338 Å². The minimum absolute atomic E-state index is 0.0422. The van der Waals surface area contributed by atoms with Gasteiger partial charge in [-0.3, -0.25) is 19.2 Å². The molecule has 1 aromatic heterocycles. The summed E-state index contributed by atoms with van der Waals surface area (Å²) >= 11 is 2.59. The lowest BCUT2D eigenvalue weighted by atomic mass is 10.0. The average Bonchev–Trinajstić information content (AvgIpc) is 3.58. The molecule has 0 saturated carbocycles. The minimum atomic E-state index is -0.741. The second-order valence-corrected chi connectivity index (χ2v) is 15.0. The van der Waals surface area contributed by atoms with Gasteiger partial charge in [0.15, 0.2) is 11.5 Å². The topological polar surface area (TPSA) is 159 Å². The lowest BCUT2D eigenvalue weighted by Crippen LogP contribution is -2.33. The van der Waals surface area contributed by atoms with Crippen LogP contribution in [0, 0.1) is 11.3 Å². The Bertz CT molecular complexity index is 2370. The summed E-state index contributed by atoms with van der Waals surface area (Å²) in [5.74, 6) is -0.315. The molecule has 6 rings (SSSR count). The quantitative estimate of drug-likeness (QED) is 0.0813. The van der Waals surface area contributed by atoms with Crippen LogP contribution in [0.3, 0.4) is 0 Å². The van der Waals surface area contributed by atoms with Gasteiger partial charge in [-0.1, -0.05) is 54.6 Å². The maximum absolute atomic E-state index is 14.1. The van der Waals surface area contributed by atoms with Crippen molar-refractivity contribution in [1.82, 2.24) is 10.2 Å². The van der Waals surface area contributed by atoms with Gasteiger partial charge >= 0.3 is 0 Å². The van der Waals surface area contributed by atoms with E-state index in [-0.39, 0.29) is 17.5 Å². The smallest absolute Gasteiger partial charge is 0.272 e. The van der Waals surface area contributed by atoms with Crippen LogP contribution >= 0.6 is 23.1 Å². The number of hydrogen-bond acceptors (Lipinski definition) is 10. The summed E-state index contributed by atoms with van der Waals surface area (Å²) in [6.45, 7) is 2.42. The molecule has 0 spiro atoms. The molecular formula is C43H39N5O7S2. The number of benzene rings is 4. The Morgan fingerprint density at radius 3 is 2.21 bits per heavy atom. The molecule has 0 bridgehead atoms. The van der Waals surface area contributed by atoms with Gasteiger partial charge in [0, 0.05) is 46.1 Å². The van der Waals surface area contributed by atoms with Gasteiger partial charge in [-0.15, -0.1) is 23.1 Å². The van der Waals surface area contributed by atoms with Gasteiger partial charge < -0.3 is 35.1 Å². The molecule has 3 N–H and O–H groups in total.